The van der Waals surface area contributed by atoms with Crippen molar-refractivity contribution in [3.8, 4) is 0 Å². The maximum atomic E-state index is 14.1. The van der Waals surface area contributed by atoms with Crippen molar-refractivity contribution in [3.05, 3.63) is 73.3 Å². The Morgan fingerprint density at radius 1 is 0.946 bits per heavy atom. The van der Waals surface area contributed by atoms with E-state index < -0.39 is 11.4 Å². The van der Waals surface area contributed by atoms with E-state index >= 15 is 0 Å². The number of hydrogen-bond acceptors (Lipinski definition) is 5. The minimum Gasteiger partial charge on any atom is -0.349 e. The molecule has 7 nitrogen and oxygen atoms in total. The van der Waals surface area contributed by atoms with Crippen molar-refractivity contribution >= 4 is 28.7 Å². The second-order valence-corrected chi connectivity index (χ2v) is 11.7. The van der Waals surface area contributed by atoms with E-state index in [1.807, 2.05) is 44.7 Å². The molecule has 2 aromatic heterocycles. The van der Waals surface area contributed by atoms with Crippen molar-refractivity contribution in [2.75, 3.05) is 11.5 Å². The molecule has 1 N–H and O–H groups in total. The molecule has 5 rings (SSSR count). The summed E-state index contributed by atoms with van der Waals surface area (Å²) in [5.74, 6) is 1.20. The van der Waals surface area contributed by atoms with Crippen LogP contribution in [0.2, 0.25) is 0 Å². The maximum Gasteiger partial charge on any atom is 0.333 e. The van der Waals surface area contributed by atoms with Gasteiger partial charge in [0, 0.05) is 23.7 Å². The molecule has 196 valence electrons. The van der Waals surface area contributed by atoms with Gasteiger partial charge in [0.1, 0.15) is 11.5 Å². The summed E-state index contributed by atoms with van der Waals surface area (Å²) >= 11 is 1.85. The van der Waals surface area contributed by atoms with Crippen LogP contribution in [0.25, 0.3) is 11.0 Å². The van der Waals surface area contributed by atoms with Gasteiger partial charge < -0.3 is 5.32 Å². The predicted octanol–water partition coefficient (Wildman–Crippen LogP) is 4.60. The van der Waals surface area contributed by atoms with Crippen molar-refractivity contribution in [3.63, 3.8) is 0 Å². The highest BCUT2D eigenvalue weighted by Crippen LogP contribution is 2.30. The highest BCUT2D eigenvalue weighted by molar-refractivity contribution is 7.99. The Balaban J connectivity index is 1.41. The lowest BCUT2D eigenvalue weighted by atomic mass is 9.90. The molecule has 2 aliphatic rings. The van der Waals surface area contributed by atoms with Crippen LogP contribution in [0.3, 0.4) is 0 Å². The molecule has 1 aromatic carbocycles. The Bertz CT molecular complexity index is 1440. The number of aromatic nitrogens is 3. The Labute approximate surface area is 219 Å². The van der Waals surface area contributed by atoms with E-state index in [1.165, 1.54) is 10.6 Å². The van der Waals surface area contributed by atoms with Crippen LogP contribution in [-0.4, -0.2) is 37.6 Å². The van der Waals surface area contributed by atoms with Crippen LogP contribution in [0.1, 0.15) is 77.7 Å². The topological polar surface area (TPSA) is 86.0 Å². The molecule has 0 bridgehead atoms. The minimum atomic E-state index is -0.589. The maximum absolute atomic E-state index is 14.1. The van der Waals surface area contributed by atoms with Crippen LogP contribution in [-0.2, 0) is 0 Å². The van der Waals surface area contributed by atoms with Crippen molar-refractivity contribution in [1.29, 1.82) is 0 Å². The van der Waals surface area contributed by atoms with Crippen LogP contribution in [0, 0.1) is 26.6 Å². The Kier molecular flexibility index (Phi) is 7.25. The summed E-state index contributed by atoms with van der Waals surface area (Å²) in [7, 11) is 0. The number of carbonyl (C=O) groups is 1. The highest BCUT2D eigenvalue weighted by Gasteiger charge is 2.30. The number of rotatable bonds is 4. The van der Waals surface area contributed by atoms with Crippen LogP contribution >= 0.6 is 11.8 Å². The molecular formula is C28H33FN4O3S. The molecule has 1 aliphatic carbocycles. The standard InChI is InChI=1S/C28H33FN4O3S/c1-16-12-17(2)24(18(3)13-16)26(34)31-20-4-6-21(7-5-20)33-27(35)23-14-19(29)15-30-25(23)32(28(33)36)22-8-10-37-11-9-22/h12-15,20-22H,4-11H2,1-3H3,(H,31,34)/t20-,21+. The van der Waals surface area contributed by atoms with Gasteiger partial charge in [-0.2, -0.15) is 11.8 Å². The van der Waals surface area contributed by atoms with Gasteiger partial charge >= 0.3 is 5.69 Å². The largest absolute Gasteiger partial charge is 0.349 e. The summed E-state index contributed by atoms with van der Waals surface area (Å²) < 4.78 is 17.1. The molecule has 37 heavy (non-hydrogen) atoms. The monoisotopic (exact) mass is 524 g/mol. The van der Waals surface area contributed by atoms with Crippen molar-refractivity contribution in [2.45, 2.75) is 77.4 Å². The molecule has 2 fully saturated rings. The number of fused-ring (bicyclic) bond motifs is 1. The third-order valence-corrected chi connectivity index (χ3v) is 8.83. The zero-order valence-corrected chi connectivity index (χ0v) is 22.4. The van der Waals surface area contributed by atoms with Gasteiger partial charge in [0.15, 0.2) is 0 Å². The van der Waals surface area contributed by atoms with Gasteiger partial charge in [0.2, 0.25) is 0 Å². The molecule has 1 saturated heterocycles. The Hall–Kier alpha value is -2.94. The SMILES string of the molecule is Cc1cc(C)c(C(=O)N[C@H]2CC[C@@H](n3c(=O)c4cc(F)cnc4n(C4CCSCC4)c3=O)CC2)c(C)c1. The lowest BCUT2D eigenvalue weighted by Gasteiger charge is -2.32. The van der Waals surface area contributed by atoms with Crippen molar-refractivity contribution < 1.29 is 9.18 Å². The van der Waals surface area contributed by atoms with Crippen LogP contribution in [0.4, 0.5) is 4.39 Å². The molecule has 3 aromatic rings. The molecule has 9 heteroatoms. The first kappa shape index (κ1) is 25.7. The first-order valence-corrected chi connectivity index (χ1v) is 14.2. The third kappa shape index (κ3) is 4.98. The number of hydrogen-bond donors (Lipinski definition) is 1. The molecule has 1 aliphatic heterocycles. The normalized spacial score (nSPS) is 20.8. The van der Waals surface area contributed by atoms with E-state index in [-0.39, 0.29) is 40.8 Å². The summed E-state index contributed by atoms with van der Waals surface area (Å²) in [5, 5.41) is 3.32. The van der Waals surface area contributed by atoms with Gasteiger partial charge in [0.25, 0.3) is 11.5 Å². The first-order valence-electron chi connectivity index (χ1n) is 13.0. The Morgan fingerprint density at radius 2 is 1.57 bits per heavy atom. The van der Waals surface area contributed by atoms with Gasteiger partial charge in [-0.25, -0.2) is 14.2 Å². The minimum absolute atomic E-state index is 0.0308. The van der Waals surface area contributed by atoms with E-state index in [4.69, 9.17) is 0 Å². The molecule has 0 unspecified atom stereocenters. The van der Waals surface area contributed by atoms with Gasteiger partial charge in [-0.05, 0) is 88.0 Å². The predicted molar refractivity (Wildman–Crippen MR) is 145 cm³/mol. The zero-order chi connectivity index (χ0) is 26.3. The number of aryl methyl sites for hydroxylation is 3. The fourth-order valence-electron chi connectivity index (χ4n) is 6.07. The summed E-state index contributed by atoms with van der Waals surface area (Å²) in [6.07, 6.45) is 5.19. The molecule has 3 heterocycles. The van der Waals surface area contributed by atoms with Crippen LogP contribution < -0.4 is 16.6 Å². The van der Waals surface area contributed by atoms with Crippen molar-refractivity contribution in [1.82, 2.24) is 19.4 Å². The molecule has 1 saturated carbocycles. The van der Waals surface area contributed by atoms with Crippen molar-refractivity contribution in [2.24, 2.45) is 0 Å². The summed E-state index contributed by atoms with van der Waals surface area (Å²) in [6, 6.07) is 4.84. The van der Waals surface area contributed by atoms with Crippen LogP contribution in [0.15, 0.2) is 34.0 Å². The molecule has 0 radical (unpaired) electrons. The van der Waals surface area contributed by atoms with E-state index in [1.54, 1.807) is 4.57 Å². The number of halogens is 1. The van der Waals surface area contributed by atoms with Crippen LogP contribution in [0.5, 0.6) is 0 Å². The third-order valence-electron chi connectivity index (χ3n) is 7.78. The molecule has 0 atom stereocenters. The van der Waals surface area contributed by atoms with E-state index in [9.17, 15) is 18.8 Å². The lowest BCUT2D eigenvalue weighted by molar-refractivity contribution is 0.0920. The second-order valence-electron chi connectivity index (χ2n) is 10.4. The molecule has 0 spiro atoms. The number of benzene rings is 1. The average Bonchev–Trinajstić information content (AvgIpc) is 2.85. The fraction of sp³-hybridized carbons (Fsp3) is 0.500. The van der Waals surface area contributed by atoms with E-state index in [0.29, 0.717) is 31.2 Å². The van der Waals surface area contributed by atoms with Gasteiger partial charge in [-0.3, -0.25) is 18.7 Å². The van der Waals surface area contributed by atoms with Gasteiger partial charge in [-0.1, -0.05) is 17.7 Å². The Morgan fingerprint density at radius 3 is 2.22 bits per heavy atom. The first-order chi connectivity index (χ1) is 17.7. The van der Waals surface area contributed by atoms with E-state index in [2.05, 4.69) is 10.3 Å². The average molecular weight is 525 g/mol. The number of nitrogens with zero attached hydrogens (tertiary/aromatic N) is 3. The quantitative estimate of drug-likeness (QED) is 0.539. The highest BCUT2D eigenvalue weighted by atomic mass is 32.2. The summed E-state index contributed by atoms with van der Waals surface area (Å²) in [6.45, 7) is 5.92. The summed E-state index contributed by atoms with van der Waals surface area (Å²) in [5.41, 5.74) is 3.18. The van der Waals surface area contributed by atoms with E-state index in [0.717, 1.165) is 47.2 Å². The molecular weight excluding hydrogens is 491 g/mol. The number of pyridine rings is 1. The summed E-state index contributed by atoms with van der Waals surface area (Å²) in [4.78, 5) is 44.4. The smallest absolute Gasteiger partial charge is 0.333 e. The molecule has 1 amide bonds. The zero-order valence-electron chi connectivity index (χ0n) is 21.6. The van der Waals surface area contributed by atoms with Gasteiger partial charge in [0.05, 0.1) is 11.6 Å². The number of carbonyl (C=O) groups excluding carboxylic acids is 1. The fourth-order valence-corrected chi connectivity index (χ4v) is 7.15. The lowest BCUT2D eigenvalue weighted by Crippen LogP contribution is -2.46. The number of amides is 1. The number of thioether (sulfide) groups is 1. The number of nitrogens with one attached hydrogen (secondary N) is 1. The van der Waals surface area contributed by atoms with Gasteiger partial charge in [-0.15, -0.1) is 0 Å². The second kappa shape index (κ2) is 10.4.